The molecule has 0 unspecified atom stereocenters. The van der Waals surface area contributed by atoms with Crippen LogP contribution in [0.3, 0.4) is 0 Å². The molecule has 0 aliphatic carbocycles. The van der Waals surface area contributed by atoms with Crippen LogP contribution in [0.2, 0.25) is 0 Å². The zero-order valence-electron chi connectivity index (χ0n) is 7.31. The molecular weight excluding hydrogens is 326 g/mol. The van der Waals surface area contributed by atoms with Crippen molar-refractivity contribution >= 4 is 28.4 Å². The lowest BCUT2D eigenvalue weighted by molar-refractivity contribution is -0.274. The van der Waals surface area contributed by atoms with Gasteiger partial charge >= 0.3 is 6.36 Å². The molecule has 0 amide bonds. The SMILES string of the molecule is NCc1cc(I)nc(N)c1OC(F)(F)F. The van der Waals surface area contributed by atoms with E-state index < -0.39 is 12.1 Å². The first-order chi connectivity index (χ1) is 6.83. The number of halogens is 4. The number of hydrogen-bond donors (Lipinski definition) is 2. The van der Waals surface area contributed by atoms with E-state index in [4.69, 9.17) is 11.5 Å². The van der Waals surface area contributed by atoms with Crippen molar-refractivity contribution in [2.75, 3.05) is 5.73 Å². The molecule has 4 N–H and O–H groups in total. The predicted octanol–water partition coefficient (Wildman–Crippen LogP) is 1.63. The first-order valence-corrected chi connectivity index (χ1v) is 4.82. The minimum Gasteiger partial charge on any atom is -0.401 e. The molecule has 0 spiro atoms. The van der Waals surface area contributed by atoms with Crippen molar-refractivity contribution in [3.05, 3.63) is 15.3 Å². The second-order valence-electron chi connectivity index (χ2n) is 2.57. The minimum absolute atomic E-state index is 0.103. The molecule has 0 fully saturated rings. The first kappa shape index (κ1) is 12.3. The Hall–Kier alpha value is -0.770. The number of nitrogen functional groups attached to an aromatic ring is 1. The highest BCUT2D eigenvalue weighted by Crippen LogP contribution is 2.31. The van der Waals surface area contributed by atoms with Crippen LogP contribution >= 0.6 is 22.6 Å². The van der Waals surface area contributed by atoms with Crippen molar-refractivity contribution < 1.29 is 17.9 Å². The number of hydrogen-bond acceptors (Lipinski definition) is 4. The fourth-order valence-corrected chi connectivity index (χ4v) is 1.59. The lowest BCUT2D eigenvalue weighted by Gasteiger charge is -2.14. The van der Waals surface area contributed by atoms with Crippen molar-refractivity contribution in [1.29, 1.82) is 0 Å². The summed E-state index contributed by atoms with van der Waals surface area (Å²) >= 11 is 1.82. The average Bonchev–Trinajstić information content (AvgIpc) is 2.07. The van der Waals surface area contributed by atoms with Crippen LogP contribution in [0.25, 0.3) is 0 Å². The monoisotopic (exact) mass is 333 g/mol. The largest absolute Gasteiger partial charge is 0.573 e. The standard InChI is InChI=1S/C7H7F3IN3O/c8-7(9,10)15-5-3(2-12)1-4(11)14-6(5)13/h1H,2,12H2,(H2,13,14). The molecule has 0 radical (unpaired) electrons. The summed E-state index contributed by atoms with van der Waals surface area (Å²) in [5.41, 5.74) is 10.8. The Morgan fingerprint density at radius 2 is 2.07 bits per heavy atom. The van der Waals surface area contributed by atoms with Crippen LogP contribution in [-0.4, -0.2) is 11.3 Å². The highest BCUT2D eigenvalue weighted by molar-refractivity contribution is 14.1. The van der Waals surface area contributed by atoms with Gasteiger partial charge in [-0.05, 0) is 28.7 Å². The van der Waals surface area contributed by atoms with Crippen LogP contribution in [0.1, 0.15) is 5.56 Å². The summed E-state index contributed by atoms with van der Waals surface area (Å²) in [7, 11) is 0. The average molecular weight is 333 g/mol. The number of nitrogens with zero attached hydrogens (tertiary/aromatic N) is 1. The third-order valence-electron chi connectivity index (χ3n) is 1.48. The molecule has 84 valence electrons. The first-order valence-electron chi connectivity index (χ1n) is 3.74. The van der Waals surface area contributed by atoms with E-state index in [1.54, 1.807) is 0 Å². The minimum atomic E-state index is -4.80. The normalized spacial score (nSPS) is 11.5. The summed E-state index contributed by atoms with van der Waals surface area (Å²) in [6.45, 7) is -0.103. The lowest BCUT2D eigenvalue weighted by Crippen LogP contribution is -2.20. The predicted molar refractivity (Wildman–Crippen MR) is 55.9 cm³/mol. The Balaban J connectivity index is 3.15. The van der Waals surface area contributed by atoms with Crippen LogP contribution in [-0.2, 0) is 6.54 Å². The third-order valence-corrected chi connectivity index (χ3v) is 2.04. The van der Waals surface area contributed by atoms with Crippen molar-refractivity contribution in [2.24, 2.45) is 5.73 Å². The molecule has 1 rings (SSSR count). The van der Waals surface area contributed by atoms with Crippen LogP contribution < -0.4 is 16.2 Å². The van der Waals surface area contributed by atoms with Crippen molar-refractivity contribution in [2.45, 2.75) is 12.9 Å². The molecule has 0 atom stereocenters. The van der Waals surface area contributed by atoms with Gasteiger partial charge in [0.25, 0.3) is 0 Å². The van der Waals surface area contributed by atoms with E-state index in [0.29, 0.717) is 3.70 Å². The van der Waals surface area contributed by atoms with Gasteiger partial charge in [-0.2, -0.15) is 0 Å². The van der Waals surface area contributed by atoms with Gasteiger partial charge in [0.2, 0.25) is 0 Å². The number of anilines is 1. The molecule has 0 saturated heterocycles. The maximum absolute atomic E-state index is 12.0. The quantitative estimate of drug-likeness (QED) is 0.637. The topological polar surface area (TPSA) is 74.2 Å². The van der Waals surface area contributed by atoms with Gasteiger partial charge in [0.15, 0.2) is 11.6 Å². The van der Waals surface area contributed by atoms with Gasteiger partial charge in [0, 0.05) is 12.1 Å². The Labute approximate surface area is 96.9 Å². The number of pyridine rings is 1. The van der Waals surface area contributed by atoms with Crippen LogP contribution in [0.4, 0.5) is 19.0 Å². The Bertz CT molecular complexity index is 369. The zero-order chi connectivity index (χ0) is 11.6. The van der Waals surface area contributed by atoms with Crippen molar-refractivity contribution in [1.82, 2.24) is 4.98 Å². The van der Waals surface area contributed by atoms with E-state index in [1.165, 1.54) is 6.07 Å². The van der Waals surface area contributed by atoms with Gasteiger partial charge in [0.1, 0.15) is 3.70 Å². The smallest absolute Gasteiger partial charge is 0.401 e. The summed E-state index contributed by atoms with van der Waals surface area (Å²) in [5.74, 6) is -0.843. The maximum Gasteiger partial charge on any atom is 0.573 e. The van der Waals surface area contributed by atoms with Crippen molar-refractivity contribution in [3.63, 3.8) is 0 Å². The Kier molecular flexibility index (Phi) is 3.60. The zero-order valence-corrected chi connectivity index (χ0v) is 9.46. The second-order valence-corrected chi connectivity index (χ2v) is 3.68. The molecule has 0 aliphatic heterocycles. The van der Waals surface area contributed by atoms with Crippen LogP contribution in [0.15, 0.2) is 6.07 Å². The summed E-state index contributed by atoms with van der Waals surface area (Å²) in [4.78, 5) is 3.65. The van der Waals surface area contributed by atoms with Gasteiger partial charge in [-0.15, -0.1) is 13.2 Å². The molecule has 15 heavy (non-hydrogen) atoms. The van der Waals surface area contributed by atoms with Gasteiger partial charge in [-0.3, -0.25) is 0 Å². The summed E-state index contributed by atoms with van der Waals surface area (Å²) in [6, 6.07) is 1.39. The van der Waals surface area contributed by atoms with Crippen LogP contribution in [0, 0.1) is 3.70 Å². The van der Waals surface area contributed by atoms with Gasteiger partial charge in [-0.25, -0.2) is 4.98 Å². The van der Waals surface area contributed by atoms with Gasteiger partial charge in [-0.1, -0.05) is 0 Å². The number of alkyl halides is 3. The maximum atomic E-state index is 12.0. The molecule has 1 aromatic heterocycles. The molecule has 0 aliphatic rings. The van der Waals surface area contributed by atoms with E-state index >= 15 is 0 Å². The van der Waals surface area contributed by atoms with Gasteiger partial charge in [0.05, 0.1) is 0 Å². The summed E-state index contributed by atoms with van der Waals surface area (Å²) in [6.07, 6.45) is -4.80. The highest BCUT2D eigenvalue weighted by atomic mass is 127. The number of ether oxygens (including phenoxy) is 1. The number of aromatic nitrogens is 1. The van der Waals surface area contributed by atoms with E-state index in [9.17, 15) is 13.2 Å². The lowest BCUT2D eigenvalue weighted by atomic mass is 10.2. The molecule has 1 aromatic rings. The molecular formula is C7H7F3IN3O. The van der Waals surface area contributed by atoms with Crippen molar-refractivity contribution in [3.8, 4) is 5.75 Å². The Morgan fingerprint density at radius 3 is 2.53 bits per heavy atom. The molecule has 0 bridgehead atoms. The van der Waals surface area contributed by atoms with E-state index in [1.807, 2.05) is 22.6 Å². The number of rotatable bonds is 2. The fourth-order valence-electron chi connectivity index (χ4n) is 0.957. The molecule has 0 aromatic carbocycles. The van der Waals surface area contributed by atoms with E-state index in [0.717, 1.165) is 0 Å². The number of nitrogens with two attached hydrogens (primary N) is 2. The van der Waals surface area contributed by atoms with E-state index in [2.05, 4.69) is 9.72 Å². The molecule has 0 saturated carbocycles. The summed E-state index contributed by atoms with van der Waals surface area (Å²) in [5, 5.41) is 0. The van der Waals surface area contributed by atoms with E-state index in [-0.39, 0.29) is 17.9 Å². The third kappa shape index (κ3) is 3.38. The summed E-state index contributed by atoms with van der Waals surface area (Å²) < 4.78 is 40.2. The highest BCUT2D eigenvalue weighted by Gasteiger charge is 2.33. The molecule has 4 nitrogen and oxygen atoms in total. The van der Waals surface area contributed by atoms with Gasteiger partial charge < -0.3 is 16.2 Å². The van der Waals surface area contributed by atoms with Crippen LogP contribution in [0.5, 0.6) is 5.75 Å². The molecule has 1 heterocycles. The Morgan fingerprint density at radius 1 is 1.47 bits per heavy atom. The second kappa shape index (κ2) is 4.39. The molecule has 8 heteroatoms. The fraction of sp³-hybridized carbons (Fsp3) is 0.286.